The molecular weight excluding hydrogens is 410 g/mol. The van der Waals surface area contributed by atoms with Crippen molar-refractivity contribution < 1.29 is 14.6 Å². The van der Waals surface area contributed by atoms with Crippen LogP contribution in [0.1, 0.15) is 51.3 Å². The first-order chi connectivity index (χ1) is 15.3. The van der Waals surface area contributed by atoms with Gasteiger partial charge in [0.15, 0.2) is 11.5 Å². The van der Waals surface area contributed by atoms with E-state index in [-0.39, 0.29) is 29.4 Å². The first-order valence-corrected chi connectivity index (χ1v) is 11.0. The highest BCUT2D eigenvalue weighted by atomic mass is 16.5. The Morgan fingerprint density at radius 2 is 1.75 bits per heavy atom. The third-order valence-corrected chi connectivity index (χ3v) is 6.56. The molecule has 9 heteroatoms. The Balaban J connectivity index is 1.56. The highest BCUT2D eigenvalue weighted by Gasteiger charge is 2.30. The molecule has 1 aliphatic rings. The zero-order valence-corrected chi connectivity index (χ0v) is 19.3. The van der Waals surface area contributed by atoms with E-state index in [1.807, 2.05) is 32.9 Å². The molecule has 0 bridgehead atoms. The van der Waals surface area contributed by atoms with E-state index in [0.29, 0.717) is 17.2 Å². The standard InChI is InChI=1S/C23H31N5O4/c1-13(2)20-22(29)28(23(30)26-20)14(3)15-6-8-27(9-7-15)21-16-10-18(31-4)19(32-5)11-17(16)24-12-25-21/h10-15,29H,6-9H2,1-5H3,(H,26,30). The highest BCUT2D eigenvalue weighted by Crippen LogP contribution is 2.37. The van der Waals surface area contributed by atoms with E-state index in [1.54, 1.807) is 20.5 Å². The average Bonchev–Trinajstić information content (AvgIpc) is 3.11. The lowest BCUT2D eigenvalue weighted by atomic mass is 9.90. The summed E-state index contributed by atoms with van der Waals surface area (Å²) in [5.41, 5.74) is 1.15. The predicted octanol–water partition coefficient (Wildman–Crippen LogP) is 3.44. The molecule has 0 aliphatic carbocycles. The second-order valence-corrected chi connectivity index (χ2v) is 8.68. The Labute approximate surface area is 187 Å². The molecule has 0 saturated carbocycles. The van der Waals surface area contributed by atoms with Gasteiger partial charge in [-0.2, -0.15) is 0 Å². The summed E-state index contributed by atoms with van der Waals surface area (Å²) in [6, 6.07) is 3.69. The number of aromatic amines is 1. The monoisotopic (exact) mass is 441 g/mol. The summed E-state index contributed by atoms with van der Waals surface area (Å²) in [6.45, 7) is 7.51. The van der Waals surface area contributed by atoms with Crippen LogP contribution in [0.5, 0.6) is 17.4 Å². The van der Waals surface area contributed by atoms with E-state index in [0.717, 1.165) is 42.7 Å². The number of piperidine rings is 1. The number of nitrogens with one attached hydrogen (secondary N) is 1. The molecule has 3 aromatic rings. The van der Waals surface area contributed by atoms with Crippen molar-refractivity contribution in [2.24, 2.45) is 5.92 Å². The average molecular weight is 442 g/mol. The molecule has 32 heavy (non-hydrogen) atoms. The van der Waals surface area contributed by atoms with Crippen LogP contribution in [0.25, 0.3) is 10.9 Å². The van der Waals surface area contributed by atoms with E-state index in [4.69, 9.17) is 9.47 Å². The molecular formula is C23H31N5O4. The first kappa shape index (κ1) is 22.0. The zero-order chi connectivity index (χ0) is 23.0. The lowest BCUT2D eigenvalue weighted by molar-refractivity contribution is 0.264. The van der Waals surface area contributed by atoms with Crippen molar-refractivity contribution in [1.82, 2.24) is 19.5 Å². The lowest BCUT2D eigenvalue weighted by Crippen LogP contribution is -2.38. The van der Waals surface area contributed by atoms with E-state index in [1.165, 1.54) is 4.57 Å². The number of fused-ring (bicyclic) bond motifs is 1. The molecule has 1 saturated heterocycles. The molecule has 3 heterocycles. The topological polar surface area (TPSA) is 106 Å². The quantitative estimate of drug-likeness (QED) is 0.604. The number of ether oxygens (including phenoxy) is 2. The molecule has 0 spiro atoms. The van der Waals surface area contributed by atoms with Gasteiger partial charge in [-0.25, -0.2) is 14.8 Å². The molecule has 1 unspecified atom stereocenters. The van der Waals surface area contributed by atoms with Crippen molar-refractivity contribution in [2.75, 3.05) is 32.2 Å². The summed E-state index contributed by atoms with van der Waals surface area (Å²) in [7, 11) is 3.22. The smallest absolute Gasteiger partial charge is 0.328 e. The minimum Gasteiger partial charge on any atom is -0.493 e. The predicted molar refractivity (Wildman–Crippen MR) is 123 cm³/mol. The molecule has 172 valence electrons. The van der Waals surface area contributed by atoms with Crippen LogP contribution in [0.4, 0.5) is 5.82 Å². The summed E-state index contributed by atoms with van der Waals surface area (Å²) in [5.74, 6) is 2.53. The van der Waals surface area contributed by atoms with Gasteiger partial charge in [0.25, 0.3) is 0 Å². The number of methoxy groups -OCH3 is 2. The summed E-state index contributed by atoms with van der Waals surface area (Å²) in [4.78, 5) is 26.5. The number of benzene rings is 1. The fourth-order valence-corrected chi connectivity index (χ4v) is 4.66. The molecule has 1 aliphatic heterocycles. The van der Waals surface area contributed by atoms with Crippen molar-refractivity contribution >= 4 is 16.7 Å². The number of rotatable bonds is 6. The van der Waals surface area contributed by atoms with E-state index >= 15 is 0 Å². The molecule has 2 aromatic heterocycles. The Bertz CT molecular complexity index is 1160. The molecule has 1 atom stereocenters. The Hall–Kier alpha value is -3.23. The number of imidazole rings is 1. The Kier molecular flexibility index (Phi) is 5.99. The van der Waals surface area contributed by atoms with Gasteiger partial charge in [0.05, 0.1) is 25.4 Å². The van der Waals surface area contributed by atoms with Gasteiger partial charge in [0.1, 0.15) is 12.1 Å². The van der Waals surface area contributed by atoms with Crippen molar-refractivity contribution in [1.29, 1.82) is 0 Å². The van der Waals surface area contributed by atoms with Crippen LogP contribution >= 0.6 is 0 Å². The van der Waals surface area contributed by atoms with Gasteiger partial charge in [0.2, 0.25) is 5.88 Å². The maximum Gasteiger partial charge on any atom is 0.328 e. The van der Waals surface area contributed by atoms with Gasteiger partial charge in [-0.1, -0.05) is 13.8 Å². The third-order valence-electron chi connectivity index (χ3n) is 6.56. The molecule has 4 rings (SSSR count). The number of H-pyrrole nitrogens is 1. The summed E-state index contributed by atoms with van der Waals surface area (Å²) >= 11 is 0. The van der Waals surface area contributed by atoms with Crippen molar-refractivity contribution in [3.05, 3.63) is 34.6 Å². The summed E-state index contributed by atoms with van der Waals surface area (Å²) in [5, 5.41) is 11.5. The van der Waals surface area contributed by atoms with Gasteiger partial charge in [-0.15, -0.1) is 0 Å². The van der Waals surface area contributed by atoms with Crippen LogP contribution in [-0.2, 0) is 0 Å². The maximum atomic E-state index is 12.5. The minimum atomic E-state index is -0.246. The van der Waals surface area contributed by atoms with Crippen LogP contribution in [-0.4, -0.2) is 51.9 Å². The maximum absolute atomic E-state index is 12.5. The SMILES string of the molecule is COc1cc2ncnc(N3CCC(C(C)n4c(O)c(C(C)C)[nH]c4=O)CC3)c2cc1OC. The van der Waals surface area contributed by atoms with Gasteiger partial charge >= 0.3 is 5.69 Å². The van der Waals surface area contributed by atoms with Gasteiger partial charge in [0, 0.05) is 30.6 Å². The van der Waals surface area contributed by atoms with Gasteiger partial charge < -0.3 is 24.5 Å². The van der Waals surface area contributed by atoms with Crippen molar-refractivity contribution in [3.8, 4) is 17.4 Å². The van der Waals surface area contributed by atoms with Crippen LogP contribution in [0, 0.1) is 5.92 Å². The van der Waals surface area contributed by atoms with Gasteiger partial charge in [-0.05, 0) is 37.7 Å². The van der Waals surface area contributed by atoms with Crippen LogP contribution in [0.15, 0.2) is 23.3 Å². The molecule has 9 nitrogen and oxygen atoms in total. The summed E-state index contributed by atoms with van der Waals surface area (Å²) < 4.78 is 12.4. The van der Waals surface area contributed by atoms with Crippen molar-refractivity contribution in [3.63, 3.8) is 0 Å². The Morgan fingerprint density at radius 3 is 2.34 bits per heavy atom. The zero-order valence-electron chi connectivity index (χ0n) is 19.3. The largest absolute Gasteiger partial charge is 0.493 e. The third kappa shape index (κ3) is 3.76. The number of nitrogens with zero attached hydrogens (tertiary/aromatic N) is 4. The number of aromatic hydroxyl groups is 1. The van der Waals surface area contributed by atoms with Gasteiger partial charge in [-0.3, -0.25) is 4.57 Å². The second kappa shape index (κ2) is 8.72. The minimum absolute atomic E-state index is 0.0552. The second-order valence-electron chi connectivity index (χ2n) is 8.68. The van der Waals surface area contributed by atoms with E-state index in [2.05, 4.69) is 19.9 Å². The number of anilines is 1. The van der Waals surface area contributed by atoms with Crippen LogP contribution in [0.2, 0.25) is 0 Å². The fourth-order valence-electron chi connectivity index (χ4n) is 4.66. The summed E-state index contributed by atoms with van der Waals surface area (Å²) in [6.07, 6.45) is 3.34. The van der Waals surface area contributed by atoms with Crippen molar-refractivity contribution in [2.45, 2.75) is 45.6 Å². The molecule has 2 N–H and O–H groups in total. The molecule has 1 aromatic carbocycles. The highest BCUT2D eigenvalue weighted by molar-refractivity contribution is 5.92. The van der Waals surface area contributed by atoms with Crippen LogP contribution in [0.3, 0.4) is 0 Å². The number of hydrogen-bond donors (Lipinski definition) is 2. The van der Waals surface area contributed by atoms with E-state index < -0.39 is 0 Å². The normalized spacial score (nSPS) is 16.0. The molecule has 0 radical (unpaired) electrons. The first-order valence-electron chi connectivity index (χ1n) is 11.0. The van der Waals surface area contributed by atoms with Crippen LogP contribution < -0.4 is 20.1 Å². The number of hydrogen-bond acceptors (Lipinski definition) is 7. The van der Waals surface area contributed by atoms with E-state index in [9.17, 15) is 9.90 Å². The Morgan fingerprint density at radius 1 is 1.09 bits per heavy atom. The number of aromatic nitrogens is 4. The fraction of sp³-hybridized carbons (Fsp3) is 0.522. The molecule has 0 amide bonds. The lowest BCUT2D eigenvalue weighted by Gasteiger charge is -2.36. The molecule has 1 fully saturated rings.